The zero-order valence-corrected chi connectivity index (χ0v) is 19.1. The molecule has 0 spiro atoms. The molecular formula is C25H26N2O5S. The lowest BCUT2D eigenvalue weighted by molar-refractivity contribution is 0.0680. The van der Waals surface area contributed by atoms with Crippen LogP contribution in [0.5, 0.6) is 5.75 Å². The second-order valence-electron chi connectivity index (χ2n) is 7.92. The van der Waals surface area contributed by atoms with Crippen LogP contribution in [0.15, 0.2) is 77.7 Å². The lowest BCUT2D eigenvalue weighted by atomic mass is 10.2. The van der Waals surface area contributed by atoms with Gasteiger partial charge in [-0.3, -0.25) is 9.52 Å². The molecule has 33 heavy (non-hydrogen) atoms. The van der Waals surface area contributed by atoms with Gasteiger partial charge < -0.3 is 14.8 Å². The Morgan fingerprint density at radius 2 is 1.79 bits per heavy atom. The largest absolute Gasteiger partial charge is 0.491 e. The summed E-state index contributed by atoms with van der Waals surface area (Å²) in [5.74, 6) is 0.300. The van der Waals surface area contributed by atoms with Crippen molar-refractivity contribution in [3.05, 3.63) is 83.9 Å². The summed E-state index contributed by atoms with van der Waals surface area (Å²) >= 11 is 0. The van der Waals surface area contributed by atoms with Gasteiger partial charge in [-0.15, -0.1) is 0 Å². The molecule has 2 N–H and O–H groups in total. The van der Waals surface area contributed by atoms with Gasteiger partial charge >= 0.3 is 0 Å². The van der Waals surface area contributed by atoms with Gasteiger partial charge in [-0.25, -0.2) is 8.42 Å². The van der Waals surface area contributed by atoms with Crippen molar-refractivity contribution in [1.82, 2.24) is 0 Å². The van der Waals surface area contributed by atoms with Crippen LogP contribution in [-0.4, -0.2) is 33.6 Å². The van der Waals surface area contributed by atoms with Crippen LogP contribution in [0.4, 0.5) is 11.4 Å². The van der Waals surface area contributed by atoms with E-state index in [0.29, 0.717) is 29.3 Å². The van der Waals surface area contributed by atoms with Gasteiger partial charge in [0, 0.05) is 29.6 Å². The van der Waals surface area contributed by atoms with Crippen LogP contribution >= 0.6 is 0 Å². The number of carbonyl (C=O) groups excluding carboxylic acids is 1. The summed E-state index contributed by atoms with van der Waals surface area (Å²) in [6, 6.07) is 20.0. The highest BCUT2D eigenvalue weighted by molar-refractivity contribution is 7.92. The maximum Gasteiger partial charge on any atom is 0.261 e. The maximum atomic E-state index is 12.6. The number of sulfonamides is 1. The molecule has 3 aromatic carbocycles. The molecule has 1 amide bonds. The maximum absolute atomic E-state index is 12.6. The Kier molecular flexibility index (Phi) is 6.96. The average Bonchev–Trinajstić information content (AvgIpc) is 3.33. The Balaban J connectivity index is 1.38. The van der Waals surface area contributed by atoms with Crippen LogP contribution in [0.2, 0.25) is 0 Å². The van der Waals surface area contributed by atoms with E-state index in [2.05, 4.69) is 10.0 Å². The lowest BCUT2D eigenvalue weighted by Gasteiger charge is -2.13. The number of aryl methyl sites for hydroxylation is 1. The van der Waals surface area contributed by atoms with Gasteiger partial charge in [0.25, 0.3) is 15.9 Å². The number of nitrogens with one attached hydrogen (secondary N) is 2. The van der Waals surface area contributed by atoms with Crippen molar-refractivity contribution < 1.29 is 22.7 Å². The Hall–Kier alpha value is -3.36. The van der Waals surface area contributed by atoms with E-state index in [1.165, 1.54) is 24.3 Å². The third kappa shape index (κ3) is 6.12. The minimum atomic E-state index is -3.76. The van der Waals surface area contributed by atoms with E-state index in [1.807, 2.05) is 25.1 Å². The van der Waals surface area contributed by atoms with Gasteiger partial charge in [0.1, 0.15) is 12.4 Å². The highest BCUT2D eigenvalue weighted by Crippen LogP contribution is 2.21. The first-order valence-electron chi connectivity index (χ1n) is 10.7. The highest BCUT2D eigenvalue weighted by atomic mass is 32.2. The number of anilines is 2. The number of carbonyl (C=O) groups is 1. The SMILES string of the molecule is Cc1ccc(NS(=O)(=O)c2ccc(C(=O)Nc3cccc(OCC4CCCO4)c3)cc2)cc1. The first-order chi connectivity index (χ1) is 15.9. The molecular weight excluding hydrogens is 440 g/mol. The molecule has 8 heteroatoms. The summed E-state index contributed by atoms with van der Waals surface area (Å²) < 4.78 is 39.1. The molecule has 0 bridgehead atoms. The van der Waals surface area contributed by atoms with Gasteiger partial charge in [-0.05, 0) is 68.3 Å². The highest BCUT2D eigenvalue weighted by Gasteiger charge is 2.17. The second-order valence-corrected chi connectivity index (χ2v) is 9.61. The predicted molar refractivity (Wildman–Crippen MR) is 127 cm³/mol. The minimum Gasteiger partial charge on any atom is -0.491 e. The van der Waals surface area contributed by atoms with Crippen LogP contribution in [0, 0.1) is 6.92 Å². The predicted octanol–water partition coefficient (Wildman–Crippen LogP) is 4.61. The van der Waals surface area contributed by atoms with Crippen molar-refractivity contribution in [2.75, 3.05) is 23.3 Å². The molecule has 1 aliphatic heterocycles. The summed E-state index contributed by atoms with van der Waals surface area (Å²) in [5.41, 5.74) is 2.44. The molecule has 1 heterocycles. The van der Waals surface area contributed by atoms with Crippen LogP contribution in [0.25, 0.3) is 0 Å². The van der Waals surface area contributed by atoms with Crippen LogP contribution < -0.4 is 14.8 Å². The Morgan fingerprint density at radius 1 is 1.03 bits per heavy atom. The van der Waals surface area contributed by atoms with E-state index >= 15 is 0 Å². The first-order valence-corrected chi connectivity index (χ1v) is 12.2. The molecule has 0 aromatic heterocycles. The first kappa shape index (κ1) is 22.8. The quantitative estimate of drug-likeness (QED) is 0.506. The Labute approximate surface area is 193 Å². The van der Waals surface area contributed by atoms with Gasteiger partial charge in [0.2, 0.25) is 0 Å². The van der Waals surface area contributed by atoms with E-state index in [1.54, 1.807) is 30.3 Å². The molecule has 0 saturated carbocycles. The molecule has 1 fully saturated rings. The summed E-state index contributed by atoms with van der Waals surface area (Å²) in [5, 5.41) is 2.81. The van der Waals surface area contributed by atoms with Gasteiger partial charge in [-0.1, -0.05) is 23.8 Å². The fourth-order valence-corrected chi connectivity index (χ4v) is 4.51. The monoisotopic (exact) mass is 466 g/mol. The standard InChI is InChI=1S/C25H26N2O5S/c1-18-7-11-20(12-8-18)27-33(29,30)24-13-9-19(10-14-24)25(28)26-21-4-2-5-22(16-21)32-17-23-6-3-15-31-23/h2,4-5,7-14,16,23,27H,3,6,15,17H2,1H3,(H,26,28). The molecule has 1 unspecified atom stereocenters. The fourth-order valence-electron chi connectivity index (χ4n) is 3.45. The molecule has 4 rings (SSSR count). The molecule has 0 radical (unpaired) electrons. The smallest absolute Gasteiger partial charge is 0.261 e. The van der Waals surface area contributed by atoms with Gasteiger partial charge in [-0.2, -0.15) is 0 Å². The van der Waals surface area contributed by atoms with Gasteiger partial charge in [0.05, 0.1) is 11.0 Å². The Morgan fingerprint density at radius 3 is 2.48 bits per heavy atom. The number of hydrogen-bond donors (Lipinski definition) is 2. The van der Waals surface area contributed by atoms with Crippen LogP contribution in [-0.2, 0) is 14.8 Å². The normalized spacial score (nSPS) is 15.7. The van der Waals surface area contributed by atoms with Crippen molar-refractivity contribution >= 4 is 27.3 Å². The van der Waals surface area contributed by atoms with Crippen LogP contribution in [0.3, 0.4) is 0 Å². The zero-order chi connectivity index (χ0) is 23.3. The van der Waals surface area contributed by atoms with Crippen molar-refractivity contribution in [2.24, 2.45) is 0 Å². The molecule has 3 aromatic rings. The van der Waals surface area contributed by atoms with E-state index in [-0.39, 0.29) is 16.9 Å². The minimum absolute atomic E-state index is 0.0733. The molecule has 0 aliphatic carbocycles. The number of benzene rings is 3. The van der Waals surface area contributed by atoms with Crippen LogP contribution in [0.1, 0.15) is 28.8 Å². The summed E-state index contributed by atoms with van der Waals surface area (Å²) in [7, 11) is -3.76. The fraction of sp³-hybridized carbons (Fsp3) is 0.240. The number of rotatable bonds is 8. The molecule has 1 saturated heterocycles. The van der Waals surface area contributed by atoms with E-state index < -0.39 is 10.0 Å². The Bertz CT molecular complexity index is 1200. The number of amides is 1. The molecule has 1 atom stereocenters. The average molecular weight is 467 g/mol. The third-order valence-corrected chi connectivity index (χ3v) is 6.68. The summed E-state index contributed by atoms with van der Waals surface area (Å²) in [4.78, 5) is 12.7. The zero-order valence-electron chi connectivity index (χ0n) is 18.3. The molecule has 1 aliphatic rings. The summed E-state index contributed by atoms with van der Waals surface area (Å²) in [6.45, 7) is 3.17. The van der Waals surface area contributed by atoms with Crippen molar-refractivity contribution in [3.8, 4) is 5.75 Å². The van der Waals surface area contributed by atoms with Crippen molar-refractivity contribution in [3.63, 3.8) is 0 Å². The molecule has 172 valence electrons. The topological polar surface area (TPSA) is 93.7 Å². The summed E-state index contributed by atoms with van der Waals surface area (Å²) in [6.07, 6.45) is 2.15. The number of ether oxygens (including phenoxy) is 2. The molecule has 7 nitrogen and oxygen atoms in total. The lowest BCUT2D eigenvalue weighted by Crippen LogP contribution is -2.16. The van der Waals surface area contributed by atoms with Gasteiger partial charge in [0.15, 0.2) is 0 Å². The van der Waals surface area contributed by atoms with E-state index in [4.69, 9.17) is 9.47 Å². The van der Waals surface area contributed by atoms with E-state index in [0.717, 1.165) is 25.0 Å². The second kappa shape index (κ2) is 10.1. The third-order valence-electron chi connectivity index (χ3n) is 5.28. The van der Waals surface area contributed by atoms with E-state index in [9.17, 15) is 13.2 Å². The van der Waals surface area contributed by atoms with Crippen molar-refractivity contribution in [2.45, 2.75) is 30.8 Å². The van der Waals surface area contributed by atoms with Crippen molar-refractivity contribution in [1.29, 1.82) is 0 Å². The number of hydrogen-bond acceptors (Lipinski definition) is 5.